The highest BCUT2D eigenvalue weighted by atomic mass is 79.9. The largest absolute Gasteiger partial charge is 0.507 e. The standard InChI is InChI=1S/C18H12Br2N2O3/c19-11-7-13(17(24)15(20)8-11)18(25)22-21-9-14-12-4-2-1-3-10(12)5-6-16(14)23/h1-9,23-24H,(H,22,25). The van der Waals surface area contributed by atoms with Gasteiger partial charge in [-0.2, -0.15) is 5.10 Å². The van der Waals surface area contributed by atoms with E-state index in [1.807, 2.05) is 24.3 Å². The second-order valence-electron chi connectivity index (χ2n) is 5.20. The Balaban J connectivity index is 1.87. The Bertz CT molecular complexity index is 1000. The van der Waals surface area contributed by atoms with Crippen LogP contribution in [-0.4, -0.2) is 22.3 Å². The Morgan fingerprint density at radius 1 is 1.08 bits per heavy atom. The summed E-state index contributed by atoms with van der Waals surface area (Å²) in [6, 6.07) is 14.0. The maximum atomic E-state index is 12.2. The van der Waals surface area contributed by atoms with Gasteiger partial charge in [0.25, 0.3) is 5.91 Å². The maximum Gasteiger partial charge on any atom is 0.275 e. The van der Waals surface area contributed by atoms with Crippen LogP contribution in [-0.2, 0) is 0 Å². The van der Waals surface area contributed by atoms with Gasteiger partial charge < -0.3 is 10.2 Å². The van der Waals surface area contributed by atoms with Crippen molar-refractivity contribution in [3.8, 4) is 11.5 Å². The minimum atomic E-state index is -0.574. The summed E-state index contributed by atoms with van der Waals surface area (Å²) in [7, 11) is 0. The van der Waals surface area contributed by atoms with Crippen LogP contribution in [0.15, 0.2) is 62.6 Å². The topological polar surface area (TPSA) is 81.9 Å². The molecular formula is C18H12Br2N2O3. The second-order valence-corrected chi connectivity index (χ2v) is 6.97. The van der Waals surface area contributed by atoms with Crippen LogP contribution in [0.1, 0.15) is 15.9 Å². The summed E-state index contributed by atoms with van der Waals surface area (Å²) in [5, 5.41) is 25.7. The fourth-order valence-electron chi connectivity index (χ4n) is 2.37. The van der Waals surface area contributed by atoms with E-state index >= 15 is 0 Å². The van der Waals surface area contributed by atoms with E-state index in [-0.39, 0.29) is 17.1 Å². The molecule has 0 saturated carbocycles. The Morgan fingerprint density at radius 3 is 2.64 bits per heavy atom. The monoisotopic (exact) mass is 462 g/mol. The van der Waals surface area contributed by atoms with Crippen molar-refractivity contribution < 1.29 is 15.0 Å². The first-order valence-electron chi connectivity index (χ1n) is 7.19. The van der Waals surface area contributed by atoms with Crippen molar-refractivity contribution in [1.82, 2.24) is 5.43 Å². The van der Waals surface area contributed by atoms with Gasteiger partial charge in [-0.25, -0.2) is 5.43 Å². The summed E-state index contributed by atoms with van der Waals surface area (Å²) in [5.74, 6) is -0.691. The van der Waals surface area contributed by atoms with Crippen molar-refractivity contribution in [3.63, 3.8) is 0 Å². The number of hydrogen-bond donors (Lipinski definition) is 3. The number of hydrogen-bond acceptors (Lipinski definition) is 4. The molecule has 1 amide bonds. The number of phenolic OH excluding ortho intramolecular Hbond substituents is 2. The number of halogens is 2. The first-order chi connectivity index (χ1) is 12.0. The van der Waals surface area contributed by atoms with Gasteiger partial charge in [-0.3, -0.25) is 4.79 Å². The molecule has 0 aliphatic carbocycles. The summed E-state index contributed by atoms with van der Waals surface area (Å²) < 4.78 is 1.03. The molecule has 3 N–H and O–H groups in total. The molecule has 3 rings (SSSR count). The Morgan fingerprint density at radius 2 is 1.84 bits per heavy atom. The van der Waals surface area contributed by atoms with Gasteiger partial charge in [-0.1, -0.05) is 46.3 Å². The zero-order valence-corrected chi connectivity index (χ0v) is 15.9. The van der Waals surface area contributed by atoms with Crippen molar-refractivity contribution in [2.24, 2.45) is 5.10 Å². The summed E-state index contributed by atoms with van der Waals surface area (Å²) in [6.07, 6.45) is 1.37. The number of nitrogens with zero attached hydrogens (tertiary/aromatic N) is 1. The Hall–Kier alpha value is -2.38. The van der Waals surface area contributed by atoms with Crippen LogP contribution >= 0.6 is 31.9 Å². The van der Waals surface area contributed by atoms with Crippen molar-refractivity contribution in [1.29, 1.82) is 0 Å². The van der Waals surface area contributed by atoms with Gasteiger partial charge in [0, 0.05) is 10.0 Å². The third kappa shape index (κ3) is 3.67. The van der Waals surface area contributed by atoms with Crippen LogP contribution in [0.25, 0.3) is 10.8 Å². The van der Waals surface area contributed by atoms with E-state index in [1.165, 1.54) is 12.3 Å². The van der Waals surface area contributed by atoms with Crippen molar-refractivity contribution in [2.75, 3.05) is 0 Å². The SMILES string of the molecule is O=C(NN=Cc1c(O)ccc2ccccc12)c1cc(Br)cc(Br)c1O. The van der Waals surface area contributed by atoms with Crippen molar-refractivity contribution in [2.45, 2.75) is 0 Å². The number of fused-ring (bicyclic) bond motifs is 1. The number of carbonyl (C=O) groups is 1. The highest BCUT2D eigenvalue weighted by Crippen LogP contribution is 2.31. The van der Waals surface area contributed by atoms with Crippen LogP contribution < -0.4 is 5.43 Å². The minimum absolute atomic E-state index is 0.0600. The molecule has 3 aromatic rings. The first-order valence-corrected chi connectivity index (χ1v) is 8.78. The zero-order chi connectivity index (χ0) is 18.0. The number of nitrogens with one attached hydrogen (secondary N) is 1. The van der Waals surface area contributed by atoms with Gasteiger partial charge in [-0.15, -0.1) is 0 Å². The average Bonchev–Trinajstić information content (AvgIpc) is 2.59. The average molecular weight is 464 g/mol. The lowest BCUT2D eigenvalue weighted by molar-refractivity contribution is 0.0952. The summed E-state index contributed by atoms with van der Waals surface area (Å²) in [4.78, 5) is 12.2. The van der Waals surface area contributed by atoms with Gasteiger partial charge in [0.05, 0.1) is 16.3 Å². The predicted octanol–water partition coefficient (Wildman–Crippen LogP) is 4.54. The van der Waals surface area contributed by atoms with E-state index in [2.05, 4.69) is 42.4 Å². The smallest absolute Gasteiger partial charge is 0.275 e. The van der Waals surface area contributed by atoms with Crippen molar-refractivity contribution in [3.05, 3.63) is 68.6 Å². The van der Waals surface area contributed by atoms with E-state index in [0.717, 1.165) is 10.8 Å². The van der Waals surface area contributed by atoms with E-state index in [1.54, 1.807) is 18.2 Å². The molecule has 3 aromatic carbocycles. The molecule has 7 heteroatoms. The van der Waals surface area contributed by atoms with Crippen LogP contribution in [0.5, 0.6) is 11.5 Å². The molecule has 0 aromatic heterocycles. The third-order valence-electron chi connectivity index (χ3n) is 3.58. The second kappa shape index (κ2) is 7.25. The highest BCUT2D eigenvalue weighted by molar-refractivity contribution is 9.11. The fourth-order valence-corrected chi connectivity index (χ4v) is 3.60. The van der Waals surface area contributed by atoms with Crippen LogP contribution in [0.4, 0.5) is 0 Å². The van der Waals surface area contributed by atoms with Gasteiger partial charge in [0.2, 0.25) is 0 Å². The number of rotatable bonds is 3. The van der Waals surface area contributed by atoms with E-state index in [9.17, 15) is 15.0 Å². The maximum absolute atomic E-state index is 12.2. The molecule has 0 radical (unpaired) electrons. The minimum Gasteiger partial charge on any atom is -0.507 e. The molecule has 0 heterocycles. The number of carbonyl (C=O) groups excluding carboxylic acids is 1. The molecule has 0 saturated heterocycles. The lowest BCUT2D eigenvalue weighted by Crippen LogP contribution is -2.18. The van der Waals surface area contributed by atoms with Crippen molar-refractivity contribution >= 4 is 54.8 Å². The number of phenols is 2. The lowest BCUT2D eigenvalue weighted by atomic mass is 10.0. The highest BCUT2D eigenvalue weighted by Gasteiger charge is 2.14. The number of aromatic hydroxyl groups is 2. The summed E-state index contributed by atoms with van der Waals surface area (Å²) in [5.41, 5.74) is 2.92. The molecule has 0 fully saturated rings. The first kappa shape index (κ1) is 17.4. The predicted molar refractivity (Wildman–Crippen MR) is 104 cm³/mol. The Labute approximate surface area is 160 Å². The van der Waals surface area contributed by atoms with Crippen LogP contribution in [0, 0.1) is 0 Å². The van der Waals surface area contributed by atoms with E-state index in [4.69, 9.17) is 0 Å². The molecule has 126 valence electrons. The number of amides is 1. The molecule has 25 heavy (non-hydrogen) atoms. The molecule has 0 aliphatic rings. The molecule has 0 aliphatic heterocycles. The molecule has 0 unspecified atom stereocenters. The molecule has 0 atom stereocenters. The summed E-state index contributed by atoms with van der Waals surface area (Å²) >= 11 is 6.44. The molecular weight excluding hydrogens is 452 g/mol. The summed E-state index contributed by atoms with van der Waals surface area (Å²) in [6.45, 7) is 0. The Kier molecular flexibility index (Phi) is 5.06. The molecule has 0 bridgehead atoms. The fraction of sp³-hybridized carbons (Fsp3) is 0. The zero-order valence-electron chi connectivity index (χ0n) is 12.7. The molecule has 5 nitrogen and oxygen atoms in total. The normalized spacial score (nSPS) is 11.1. The van der Waals surface area contributed by atoms with Gasteiger partial charge >= 0.3 is 0 Å². The van der Waals surface area contributed by atoms with Crippen LogP contribution in [0.2, 0.25) is 0 Å². The number of hydrazone groups is 1. The lowest BCUT2D eigenvalue weighted by Gasteiger charge is -2.07. The van der Waals surface area contributed by atoms with E-state index < -0.39 is 5.91 Å². The van der Waals surface area contributed by atoms with Crippen LogP contribution in [0.3, 0.4) is 0 Å². The quantitative estimate of drug-likeness (QED) is 0.394. The van der Waals surface area contributed by atoms with Gasteiger partial charge in [-0.05, 0) is 44.9 Å². The van der Waals surface area contributed by atoms with Gasteiger partial charge in [0.15, 0.2) is 0 Å². The molecule has 0 spiro atoms. The van der Waals surface area contributed by atoms with E-state index in [0.29, 0.717) is 14.5 Å². The third-order valence-corrected chi connectivity index (χ3v) is 4.64. The van der Waals surface area contributed by atoms with Gasteiger partial charge in [0.1, 0.15) is 11.5 Å². The number of benzene rings is 3.